The molecule has 4 aliphatic heterocycles. The van der Waals surface area contributed by atoms with E-state index < -0.39 is 29.6 Å². The summed E-state index contributed by atoms with van der Waals surface area (Å²) in [6.07, 6.45) is 7.75. The maximum Gasteiger partial charge on any atom is 0.250 e. The van der Waals surface area contributed by atoms with Crippen molar-refractivity contribution in [1.82, 2.24) is 24.8 Å². The number of hydrogen-bond donors (Lipinski definition) is 1. The first kappa shape index (κ1) is 29.2. The van der Waals surface area contributed by atoms with Crippen molar-refractivity contribution in [2.45, 2.75) is 44.2 Å². The third kappa shape index (κ3) is 4.79. The normalized spacial score (nSPS) is 27.5. The van der Waals surface area contributed by atoms with Gasteiger partial charge in [0.15, 0.2) is 0 Å². The molecule has 1 aromatic heterocycles. The van der Waals surface area contributed by atoms with Crippen molar-refractivity contribution in [2.24, 2.45) is 11.8 Å². The first-order valence-electron chi connectivity index (χ1n) is 15.5. The van der Waals surface area contributed by atoms with Crippen LogP contribution in [0.4, 0.5) is 5.69 Å². The second-order valence-electron chi connectivity index (χ2n) is 11.8. The van der Waals surface area contributed by atoms with Gasteiger partial charge in [-0.25, -0.2) is 4.68 Å². The minimum Gasteiger partial charge on any atom is -0.494 e. The standard InChI is InChI=1S/C33H36N6O6/c1-2-44-23-14-12-22(13-15-23)37-19-7-11-26-27(30(37)41)28-31(42)38(18-5-6-20-40)29-32(43)36(17-8-16-33(28,29)45-26)21-39-25-10-4-3-9-24(25)34-35-39/h3-4,7-16,26-29,40H,2,5-6,17-21H2,1H3/t26-,27+,28+,29?,33+/m1/s1. The van der Waals surface area contributed by atoms with Crippen LogP contribution in [0.5, 0.6) is 5.75 Å². The minimum absolute atomic E-state index is 0.0257. The molecule has 45 heavy (non-hydrogen) atoms. The summed E-state index contributed by atoms with van der Waals surface area (Å²) >= 11 is 0. The van der Waals surface area contributed by atoms with Gasteiger partial charge in [0.25, 0.3) is 5.91 Å². The minimum atomic E-state index is -1.33. The van der Waals surface area contributed by atoms with Gasteiger partial charge in [-0.15, -0.1) is 5.10 Å². The van der Waals surface area contributed by atoms with Gasteiger partial charge in [0.05, 0.1) is 30.1 Å². The number of nitrogens with zero attached hydrogens (tertiary/aromatic N) is 6. The van der Waals surface area contributed by atoms with Crippen molar-refractivity contribution in [3.05, 3.63) is 72.8 Å². The monoisotopic (exact) mass is 612 g/mol. The molecule has 2 saturated heterocycles. The number of aromatic nitrogens is 3. The number of unbranched alkanes of at least 4 members (excludes halogenated alkanes) is 1. The lowest BCUT2D eigenvalue weighted by Crippen LogP contribution is -2.55. The number of aliphatic hydroxyl groups is 1. The number of anilines is 1. The molecule has 2 aromatic carbocycles. The molecular weight excluding hydrogens is 576 g/mol. The Morgan fingerprint density at radius 1 is 1.00 bits per heavy atom. The van der Waals surface area contributed by atoms with E-state index >= 15 is 0 Å². The molecule has 0 aliphatic carbocycles. The molecule has 5 heterocycles. The van der Waals surface area contributed by atoms with Crippen molar-refractivity contribution >= 4 is 34.4 Å². The van der Waals surface area contributed by atoms with Crippen molar-refractivity contribution < 1.29 is 29.0 Å². The second kappa shape index (κ2) is 11.8. The highest BCUT2D eigenvalue weighted by Crippen LogP contribution is 2.53. The number of fused-ring (bicyclic) bond motifs is 3. The lowest BCUT2D eigenvalue weighted by Gasteiger charge is -2.35. The summed E-state index contributed by atoms with van der Waals surface area (Å²) in [5.74, 6) is -1.80. The molecule has 1 spiro atoms. The smallest absolute Gasteiger partial charge is 0.250 e. The van der Waals surface area contributed by atoms with Gasteiger partial charge in [0.2, 0.25) is 11.8 Å². The van der Waals surface area contributed by atoms with E-state index in [0.29, 0.717) is 37.4 Å². The number of rotatable bonds is 9. The molecule has 1 N–H and O–H groups in total. The van der Waals surface area contributed by atoms with Crippen LogP contribution in [0, 0.1) is 11.8 Å². The lowest BCUT2D eigenvalue weighted by atomic mass is 9.77. The summed E-state index contributed by atoms with van der Waals surface area (Å²) in [5, 5.41) is 18.0. The predicted octanol–water partition coefficient (Wildman–Crippen LogP) is 2.14. The van der Waals surface area contributed by atoms with Crippen LogP contribution in [0.2, 0.25) is 0 Å². The van der Waals surface area contributed by atoms with Gasteiger partial charge in [-0.2, -0.15) is 0 Å². The Morgan fingerprint density at radius 3 is 2.62 bits per heavy atom. The van der Waals surface area contributed by atoms with Crippen LogP contribution < -0.4 is 9.64 Å². The average Bonchev–Trinajstić information content (AvgIpc) is 3.60. The zero-order chi connectivity index (χ0) is 31.1. The Bertz CT molecular complexity index is 1670. The zero-order valence-electron chi connectivity index (χ0n) is 25.1. The molecule has 12 heteroatoms. The molecule has 0 bridgehead atoms. The van der Waals surface area contributed by atoms with Crippen molar-refractivity contribution in [2.75, 3.05) is 37.7 Å². The molecule has 3 amide bonds. The highest BCUT2D eigenvalue weighted by atomic mass is 16.5. The summed E-state index contributed by atoms with van der Waals surface area (Å²) in [7, 11) is 0. The fourth-order valence-electron chi connectivity index (χ4n) is 7.25. The molecule has 7 rings (SSSR count). The van der Waals surface area contributed by atoms with E-state index in [1.807, 2.05) is 79.8 Å². The van der Waals surface area contributed by atoms with Crippen molar-refractivity contribution in [3.63, 3.8) is 0 Å². The van der Waals surface area contributed by atoms with Gasteiger partial charge in [-0.3, -0.25) is 14.4 Å². The number of aliphatic hydroxyl groups excluding tert-OH is 1. The van der Waals surface area contributed by atoms with E-state index in [1.165, 1.54) is 0 Å². The van der Waals surface area contributed by atoms with Gasteiger partial charge < -0.3 is 29.3 Å². The van der Waals surface area contributed by atoms with Gasteiger partial charge in [-0.05, 0) is 56.2 Å². The molecule has 4 aliphatic rings. The van der Waals surface area contributed by atoms with Gasteiger partial charge in [0.1, 0.15) is 29.6 Å². The fraction of sp³-hybridized carbons (Fsp3) is 0.424. The molecule has 0 radical (unpaired) electrons. The van der Waals surface area contributed by atoms with Crippen LogP contribution in [0.15, 0.2) is 72.8 Å². The van der Waals surface area contributed by atoms with Crippen LogP contribution in [-0.2, 0) is 25.8 Å². The Kier molecular flexibility index (Phi) is 7.62. The summed E-state index contributed by atoms with van der Waals surface area (Å²) in [6, 6.07) is 13.9. The van der Waals surface area contributed by atoms with E-state index in [0.717, 1.165) is 11.0 Å². The zero-order valence-corrected chi connectivity index (χ0v) is 25.1. The van der Waals surface area contributed by atoms with E-state index in [9.17, 15) is 19.5 Å². The quantitative estimate of drug-likeness (QED) is 0.288. The highest BCUT2D eigenvalue weighted by molar-refractivity contribution is 6.03. The third-order valence-electron chi connectivity index (χ3n) is 9.23. The lowest BCUT2D eigenvalue weighted by molar-refractivity contribution is -0.148. The summed E-state index contributed by atoms with van der Waals surface area (Å²) in [4.78, 5) is 48.2. The third-order valence-corrected chi connectivity index (χ3v) is 9.23. The Morgan fingerprint density at radius 2 is 1.82 bits per heavy atom. The number of amides is 3. The van der Waals surface area contributed by atoms with E-state index in [-0.39, 0.29) is 44.1 Å². The van der Waals surface area contributed by atoms with Crippen LogP contribution >= 0.6 is 0 Å². The summed E-state index contributed by atoms with van der Waals surface area (Å²) in [6.45, 7) is 3.42. The predicted molar refractivity (Wildman–Crippen MR) is 164 cm³/mol. The molecule has 1 unspecified atom stereocenters. The Labute approximate surface area is 260 Å². The number of carbonyl (C=O) groups is 3. The van der Waals surface area contributed by atoms with E-state index in [1.54, 1.807) is 19.4 Å². The summed E-state index contributed by atoms with van der Waals surface area (Å²) < 4.78 is 14.0. The van der Waals surface area contributed by atoms with Crippen LogP contribution in [0.1, 0.15) is 19.8 Å². The number of para-hydroxylation sites is 1. The maximum atomic E-state index is 14.5. The van der Waals surface area contributed by atoms with E-state index in [4.69, 9.17) is 9.47 Å². The van der Waals surface area contributed by atoms with Crippen LogP contribution in [0.3, 0.4) is 0 Å². The molecular formula is C33H36N6O6. The van der Waals surface area contributed by atoms with Crippen molar-refractivity contribution in [3.8, 4) is 5.75 Å². The van der Waals surface area contributed by atoms with Gasteiger partial charge >= 0.3 is 0 Å². The molecule has 12 nitrogen and oxygen atoms in total. The molecule has 3 aromatic rings. The molecule has 2 fully saturated rings. The largest absolute Gasteiger partial charge is 0.494 e. The van der Waals surface area contributed by atoms with Crippen LogP contribution in [0.25, 0.3) is 11.0 Å². The van der Waals surface area contributed by atoms with Crippen LogP contribution in [-0.4, -0.2) is 98.2 Å². The fourth-order valence-corrected chi connectivity index (χ4v) is 7.25. The number of hydrogen-bond acceptors (Lipinski definition) is 8. The first-order valence-corrected chi connectivity index (χ1v) is 15.5. The van der Waals surface area contributed by atoms with Crippen molar-refractivity contribution in [1.29, 1.82) is 0 Å². The highest BCUT2D eigenvalue weighted by Gasteiger charge is 2.71. The SMILES string of the molecule is CCOc1ccc(N2CC=C[C@H]3O[C@]45C=CCN(Cn6nnc7ccccc76)C(=O)C4N(CCCCO)C(=O)[C@@H]5[C@H]3C2=O)cc1. The Balaban J connectivity index is 1.24. The average molecular weight is 613 g/mol. The van der Waals surface area contributed by atoms with Gasteiger partial charge in [-0.1, -0.05) is 41.7 Å². The molecule has 0 saturated carbocycles. The number of ether oxygens (including phenoxy) is 2. The molecule has 5 atom stereocenters. The second-order valence-corrected chi connectivity index (χ2v) is 11.8. The first-order chi connectivity index (χ1) is 22.0. The number of likely N-dealkylation sites (tertiary alicyclic amines) is 1. The van der Waals surface area contributed by atoms with E-state index in [2.05, 4.69) is 10.3 Å². The number of benzene rings is 2. The summed E-state index contributed by atoms with van der Waals surface area (Å²) in [5.41, 5.74) is 0.868. The van der Waals surface area contributed by atoms with Gasteiger partial charge in [0, 0.05) is 31.9 Å². The molecule has 234 valence electrons. The topological polar surface area (TPSA) is 130 Å². The maximum absolute atomic E-state index is 14.5. The Hall–Kier alpha value is -4.55. The number of carbonyl (C=O) groups excluding carboxylic acids is 3.